The van der Waals surface area contributed by atoms with Gasteiger partial charge in [0, 0.05) is 46.7 Å². The average Bonchev–Trinajstić information content (AvgIpc) is 3.67. The SMILES string of the molecule is O=S(=O)(Nc1ccc(CCNC[C@H](O)c2ccccc2)cc1)c1ccc(Cc2nc(-c3c[nH]c4ccccc34)cs2)cc1. The molecule has 0 radical (unpaired) electrons. The molecular weight excluding hydrogens is 577 g/mol. The number of nitrogens with one attached hydrogen (secondary N) is 3. The van der Waals surface area contributed by atoms with Crippen LogP contribution in [-0.4, -0.2) is 36.6 Å². The minimum absolute atomic E-state index is 0.208. The van der Waals surface area contributed by atoms with E-state index in [2.05, 4.69) is 26.5 Å². The van der Waals surface area contributed by atoms with Gasteiger partial charge in [0.05, 0.1) is 21.7 Å². The summed E-state index contributed by atoms with van der Waals surface area (Å²) in [6, 6.07) is 32.0. The first kappa shape index (κ1) is 28.8. The van der Waals surface area contributed by atoms with Crippen molar-refractivity contribution in [1.82, 2.24) is 15.3 Å². The largest absolute Gasteiger partial charge is 0.387 e. The zero-order valence-corrected chi connectivity index (χ0v) is 25.0. The van der Waals surface area contributed by atoms with Crippen LogP contribution in [-0.2, 0) is 22.9 Å². The summed E-state index contributed by atoms with van der Waals surface area (Å²) in [6.07, 6.45) is 2.82. The third-order valence-electron chi connectivity index (χ3n) is 7.32. The monoisotopic (exact) mass is 608 g/mol. The van der Waals surface area contributed by atoms with Gasteiger partial charge in [0.15, 0.2) is 0 Å². The van der Waals surface area contributed by atoms with Crippen molar-refractivity contribution in [3.63, 3.8) is 0 Å². The molecule has 0 aliphatic carbocycles. The molecule has 4 aromatic carbocycles. The van der Waals surface area contributed by atoms with Gasteiger partial charge in [-0.3, -0.25) is 4.72 Å². The minimum Gasteiger partial charge on any atom is -0.387 e. The summed E-state index contributed by atoms with van der Waals surface area (Å²) < 4.78 is 28.7. The Hall–Kier alpha value is -4.28. The molecule has 0 bridgehead atoms. The molecule has 4 N–H and O–H groups in total. The Balaban J connectivity index is 1.01. The highest BCUT2D eigenvalue weighted by Crippen LogP contribution is 2.30. The molecule has 0 aliphatic rings. The van der Waals surface area contributed by atoms with E-state index in [9.17, 15) is 13.5 Å². The summed E-state index contributed by atoms with van der Waals surface area (Å²) in [6.45, 7) is 1.17. The van der Waals surface area contributed by atoms with E-state index in [4.69, 9.17) is 4.98 Å². The summed E-state index contributed by atoms with van der Waals surface area (Å²) in [5, 5.41) is 17.7. The molecule has 0 unspecified atom stereocenters. The van der Waals surface area contributed by atoms with E-state index in [0.29, 0.717) is 25.2 Å². The lowest BCUT2D eigenvalue weighted by Gasteiger charge is -2.12. The number of aliphatic hydroxyl groups is 1. The summed E-state index contributed by atoms with van der Waals surface area (Å²) >= 11 is 1.60. The van der Waals surface area contributed by atoms with Crippen LogP contribution in [0.5, 0.6) is 0 Å². The second kappa shape index (κ2) is 12.9. The summed E-state index contributed by atoms with van der Waals surface area (Å²) in [5.74, 6) is 0. The number of rotatable bonds is 12. The van der Waals surface area contributed by atoms with E-state index in [-0.39, 0.29) is 4.90 Å². The van der Waals surface area contributed by atoms with Crippen LogP contribution in [0.4, 0.5) is 5.69 Å². The molecule has 0 spiro atoms. The number of anilines is 1. The highest BCUT2D eigenvalue weighted by atomic mass is 32.2. The van der Waals surface area contributed by atoms with Crippen molar-refractivity contribution < 1.29 is 13.5 Å². The van der Waals surface area contributed by atoms with Crippen LogP contribution < -0.4 is 10.0 Å². The number of fused-ring (bicyclic) bond motifs is 1. The maximum atomic E-state index is 13.0. The van der Waals surface area contributed by atoms with Crippen LogP contribution in [0.25, 0.3) is 22.2 Å². The Morgan fingerprint density at radius 3 is 2.37 bits per heavy atom. The second-order valence-electron chi connectivity index (χ2n) is 10.4. The Kier molecular flexibility index (Phi) is 8.67. The van der Waals surface area contributed by atoms with E-state index in [1.54, 1.807) is 35.6 Å². The van der Waals surface area contributed by atoms with Gasteiger partial charge >= 0.3 is 0 Å². The lowest BCUT2D eigenvalue weighted by atomic mass is 10.1. The topological polar surface area (TPSA) is 107 Å². The van der Waals surface area contributed by atoms with Crippen LogP contribution in [0.3, 0.4) is 0 Å². The van der Waals surface area contributed by atoms with Crippen LogP contribution in [0.15, 0.2) is 120 Å². The molecular formula is C34H32N4O3S2. The van der Waals surface area contributed by atoms with E-state index in [1.165, 1.54) is 0 Å². The standard InChI is InChI=1S/C34H32N4O3S2/c39-33(26-6-2-1-3-7-26)22-35-19-18-24-10-14-27(15-11-24)38-43(40,41)28-16-12-25(13-17-28)20-34-37-32(23-42-34)30-21-36-31-9-5-4-8-29(30)31/h1-17,21,23,33,35-36,38-39H,18-20,22H2/t33-/m0/s1. The number of hydrogen-bond donors (Lipinski definition) is 4. The number of aromatic amines is 1. The normalized spacial score (nSPS) is 12.4. The number of aromatic nitrogens is 2. The molecule has 2 heterocycles. The average molecular weight is 609 g/mol. The van der Waals surface area contributed by atoms with E-state index in [1.807, 2.05) is 79.0 Å². The molecule has 7 nitrogen and oxygen atoms in total. The molecule has 6 rings (SSSR count). The number of sulfonamides is 1. The highest BCUT2D eigenvalue weighted by Gasteiger charge is 2.15. The molecule has 1 atom stereocenters. The number of para-hydroxylation sites is 1. The van der Waals surface area contributed by atoms with Crippen molar-refractivity contribution in [3.8, 4) is 11.3 Å². The number of hydrogen-bond acceptors (Lipinski definition) is 6. The van der Waals surface area contributed by atoms with Crippen molar-refractivity contribution in [3.05, 3.63) is 136 Å². The van der Waals surface area contributed by atoms with Crippen LogP contribution in [0, 0.1) is 0 Å². The Bertz CT molecular complexity index is 1900. The molecule has 43 heavy (non-hydrogen) atoms. The van der Waals surface area contributed by atoms with Gasteiger partial charge in [-0.05, 0) is 60.0 Å². The zero-order valence-electron chi connectivity index (χ0n) is 23.4. The van der Waals surface area contributed by atoms with Crippen LogP contribution in [0.2, 0.25) is 0 Å². The van der Waals surface area contributed by atoms with Crippen molar-refractivity contribution >= 4 is 38.0 Å². The van der Waals surface area contributed by atoms with E-state index >= 15 is 0 Å². The molecule has 0 saturated carbocycles. The first-order valence-corrected chi connectivity index (χ1v) is 16.5. The molecule has 218 valence electrons. The van der Waals surface area contributed by atoms with Crippen LogP contribution >= 0.6 is 11.3 Å². The van der Waals surface area contributed by atoms with Crippen molar-refractivity contribution in [2.45, 2.75) is 23.8 Å². The summed E-state index contributed by atoms with van der Waals surface area (Å²) in [4.78, 5) is 8.33. The number of thiazole rings is 1. The van der Waals surface area contributed by atoms with Crippen molar-refractivity contribution in [2.75, 3.05) is 17.8 Å². The maximum Gasteiger partial charge on any atom is 0.261 e. The van der Waals surface area contributed by atoms with Gasteiger partial charge in [-0.2, -0.15) is 0 Å². The van der Waals surface area contributed by atoms with Gasteiger partial charge in [0.1, 0.15) is 0 Å². The number of nitrogens with zero attached hydrogens (tertiary/aromatic N) is 1. The Morgan fingerprint density at radius 1 is 0.860 bits per heavy atom. The second-order valence-corrected chi connectivity index (χ2v) is 13.0. The molecule has 0 amide bonds. The maximum absolute atomic E-state index is 13.0. The first-order chi connectivity index (χ1) is 20.9. The molecule has 0 fully saturated rings. The fourth-order valence-electron chi connectivity index (χ4n) is 4.98. The minimum atomic E-state index is -3.73. The van der Waals surface area contributed by atoms with E-state index < -0.39 is 16.1 Å². The fraction of sp³-hybridized carbons (Fsp3) is 0.147. The lowest BCUT2D eigenvalue weighted by molar-refractivity contribution is 0.175. The van der Waals surface area contributed by atoms with Gasteiger partial charge in [-0.15, -0.1) is 11.3 Å². The Labute approximate surface area is 255 Å². The van der Waals surface area contributed by atoms with Gasteiger partial charge in [-0.1, -0.05) is 72.8 Å². The molecule has 0 aliphatic heterocycles. The summed E-state index contributed by atoms with van der Waals surface area (Å²) in [7, 11) is -3.73. The summed E-state index contributed by atoms with van der Waals surface area (Å²) in [5.41, 5.74) is 6.55. The third-order valence-corrected chi connectivity index (χ3v) is 9.57. The lowest BCUT2D eigenvalue weighted by Crippen LogP contribution is -2.23. The number of H-pyrrole nitrogens is 1. The van der Waals surface area contributed by atoms with Gasteiger partial charge in [0.25, 0.3) is 10.0 Å². The molecule has 6 aromatic rings. The molecule has 2 aromatic heterocycles. The van der Waals surface area contributed by atoms with Gasteiger partial charge in [-0.25, -0.2) is 13.4 Å². The molecule has 9 heteroatoms. The predicted molar refractivity (Wildman–Crippen MR) is 174 cm³/mol. The van der Waals surface area contributed by atoms with Gasteiger partial charge < -0.3 is 15.4 Å². The van der Waals surface area contributed by atoms with Gasteiger partial charge in [0.2, 0.25) is 0 Å². The highest BCUT2D eigenvalue weighted by molar-refractivity contribution is 7.92. The Morgan fingerprint density at radius 2 is 1.58 bits per heavy atom. The zero-order chi connectivity index (χ0) is 29.6. The van der Waals surface area contributed by atoms with Crippen molar-refractivity contribution in [1.29, 1.82) is 0 Å². The fourth-order valence-corrected chi connectivity index (χ4v) is 6.87. The van der Waals surface area contributed by atoms with E-state index in [0.717, 1.165) is 50.3 Å². The third kappa shape index (κ3) is 7.03. The number of benzene rings is 4. The van der Waals surface area contributed by atoms with Crippen LogP contribution in [0.1, 0.15) is 27.8 Å². The molecule has 0 saturated heterocycles. The predicted octanol–water partition coefficient (Wildman–Crippen LogP) is 6.55. The quantitative estimate of drug-likeness (QED) is 0.118. The van der Waals surface area contributed by atoms with Crippen molar-refractivity contribution in [2.24, 2.45) is 0 Å². The number of aliphatic hydroxyl groups excluding tert-OH is 1. The smallest absolute Gasteiger partial charge is 0.261 e. The first-order valence-electron chi connectivity index (χ1n) is 14.1.